The van der Waals surface area contributed by atoms with E-state index in [1.165, 1.54) is 23.4 Å². The summed E-state index contributed by atoms with van der Waals surface area (Å²) in [6.07, 6.45) is 2.83. The molecule has 1 aromatic carbocycles. The molecule has 1 heterocycles. The van der Waals surface area contributed by atoms with Crippen molar-refractivity contribution in [2.45, 2.75) is 0 Å². The monoisotopic (exact) mass is 350 g/mol. The van der Waals surface area contributed by atoms with Crippen molar-refractivity contribution in [3.05, 3.63) is 35.9 Å². The molecule has 0 aliphatic heterocycles. The summed E-state index contributed by atoms with van der Waals surface area (Å²) in [6.45, 7) is 0. The van der Waals surface area contributed by atoms with Crippen LogP contribution in [0.1, 0.15) is 0 Å². The maximum atomic E-state index is 11.6. The Hall–Kier alpha value is -1.12. The van der Waals surface area contributed by atoms with Crippen molar-refractivity contribution < 1.29 is 8.42 Å². The predicted molar refractivity (Wildman–Crippen MR) is 72.7 cm³/mol. The van der Waals surface area contributed by atoms with Gasteiger partial charge in [0.1, 0.15) is 17.3 Å². The lowest BCUT2D eigenvalue weighted by Gasteiger charge is -2.11. The van der Waals surface area contributed by atoms with Gasteiger partial charge in [-0.15, -0.1) is 0 Å². The van der Waals surface area contributed by atoms with Gasteiger partial charge >= 0.3 is 0 Å². The smallest absolute Gasteiger partial charge is 0.242 e. The van der Waals surface area contributed by atoms with Crippen molar-refractivity contribution >= 4 is 43.2 Å². The Balaban J connectivity index is 2.48. The molecule has 0 aliphatic rings. The highest BCUT2D eigenvalue weighted by Crippen LogP contribution is 2.25. The van der Waals surface area contributed by atoms with Gasteiger partial charge in [0.05, 0.1) is 11.4 Å². The van der Waals surface area contributed by atoms with Crippen LogP contribution in [-0.4, -0.2) is 27.8 Å². The van der Waals surface area contributed by atoms with Gasteiger partial charge in [0.25, 0.3) is 0 Å². The van der Waals surface area contributed by atoms with Gasteiger partial charge in [-0.2, -0.15) is 5.10 Å². The van der Waals surface area contributed by atoms with Crippen molar-refractivity contribution in [2.75, 3.05) is 9.38 Å². The third-order valence-corrected chi connectivity index (χ3v) is 4.89. The second-order valence-electron chi connectivity index (χ2n) is 3.33. The molecule has 0 saturated carbocycles. The molecular weight excluding hydrogens is 344 g/mol. The summed E-state index contributed by atoms with van der Waals surface area (Å²) in [5, 5.41) is 4.37. The van der Waals surface area contributed by atoms with Gasteiger partial charge in [0.2, 0.25) is 10.0 Å². The van der Waals surface area contributed by atoms with Gasteiger partial charge in [-0.1, -0.05) is 27.5 Å². The maximum Gasteiger partial charge on any atom is 0.242 e. The van der Waals surface area contributed by atoms with E-state index in [-0.39, 0.29) is 4.66 Å². The molecule has 2 aromatic rings. The summed E-state index contributed by atoms with van der Waals surface area (Å²) in [5.74, 6) is 0. The van der Waals surface area contributed by atoms with E-state index in [4.69, 9.17) is 11.6 Å². The first kappa shape index (κ1) is 13.3. The molecule has 18 heavy (non-hydrogen) atoms. The number of aromatic nitrogens is 3. The molecule has 0 unspecified atom stereocenters. The number of sulfonamides is 1. The number of rotatable bonds is 4. The standard InChI is InChI=1S/C9H8BrClN4O2S/c10-4-18(16,17)14-8-3-7(11)1-2-9(8)15-6-12-5-13-15/h1-3,5-6,14H,4H2. The molecule has 96 valence electrons. The van der Waals surface area contributed by atoms with Crippen molar-refractivity contribution in [1.29, 1.82) is 0 Å². The lowest BCUT2D eigenvalue weighted by molar-refractivity contribution is 0.606. The van der Waals surface area contributed by atoms with Crippen LogP contribution in [0.2, 0.25) is 5.02 Å². The third-order valence-electron chi connectivity index (χ3n) is 2.03. The predicted octanol–water partition coefficient (Wildman–Crippen LogP) is 2.01. The Morgan fingerprint density at radius 1 is 1.44 bits per heavy atom. The van der Waals surface area contributed by atoms with E-state index < -0.39 is 10.0 Å². The number of hydrogen-bond donors (Lipinski definition) is 1. The van der Waals surface area contributed by atoms with E-state index in [0.717, 1.165) is 0 Å². The van der Waals surface area contributed by atoms with Crippen LogP contribution in [0.4, 0.5) is 5.69 Å². The van der Waals surface area contributed by atoms with Crippen LogP contribution in [0.5, 0.6) is 0 Å². The molecule has 1 N–H and O–H groups in total. The minimum absolute atomic E-state index is 0.205. The largest absolute Gasteiger partial charge is 0.281 e. The summed E-state index contributed by atoms with van der Waals surface area (Å²) >= 11 is 8.76. The van der Waals surface area contributed by atoms with Crippen LogP contribution < -0.4 is 4.72 Å². The van der Waals surface area contributed by atoms with Gasteiger partial charge < -0.3 is 0 Å². The Kier molecular flexibility index (Phi) is 3.88. The quantitative estimate of drug-likeness (QED) is 0.855. The van der Waals surface area contributed by atoms with Crippen LogP contribution in [0.25, 0.3) is 5.69 Å². The van der Waals surface area contributed by atoms with E-state index in [1.54, 1.807) is 12.1 Å². The fourth-order valence-electron chi connectivity index (χ4n) is 1.32. The number of halogens is 2. The SMILES string of the molecule is O=S(=O)(CBr)Nc1cc(Cl)ccc1-n1cncn1. The van der Waals surface area contributed by atoms with Crippen LogP contribution in [0.3, 0.4) is 0 Å². The zero-order chi connectivity index (χ0) is 13.2. The molecule has 0 atom stereocenters. The van der Waals surface area contributed by atoms with Gasteiger partial charge in [-0.3, -0.25) is 4.72 Å². The Morgan fingerprint density at radius 2 is 2.22 bits per heavy atom. The lowest BCUT2D eigenvalue weighted by Crippen LogP contribution is -2.15. The first-order chi connectivity index (χ1) is 8.52. The highest BCUT2D eigenvalue weighted by atomic mass is 79.9. The first-order valence-electron chi connectivity index (χ1n) is 4.73. The van der Waals surface area contributed by atoms with Crippen molar-refractivity contribution in [3.8, 4) is 5.69 Å². The molecule has 9 heteroatoms. The highest BCUT2D eigenvalue weighted by molar-refractivity contribution is 9.10. The number of nitrogens with zero attached hydrogens (tertiary/aromatic N) is 3. The third kappa shape index (κ3) is 3.01. The van der Waals surface area contributed by atoms with Crippen molar-refractivity contribution in [2.24, 2.45) is 0 Å². The topological polar surface area (TPSA) is 76.9 Å². The summed E-state index contributed by atoms with van der Waals surface area (Å²) < 4.78 is 26.8. The van der Waals surface area contributed by atoms with Gasteiger partial charge in [0, 0.05) is 5.02 Å². The fourth-order valence-corrected chi connectivity index (χ4v) is 2.39. The first-order valence-corrected chi connectivity index (χ1v) is 7.88. The minimum atomic E-state index is -3.46. The molecule has 0 bridgehead atoms. The number of nitrogens with one attached hydrogen (secondary N) is 1. The average Bonchev–Trinajstić information content (AvgIpc) is 2.82. The zero-order valence-corrected chi connectivity index (χ0v) is 12.1. The van der Waals surface area contributed by atoms with E-state index in [2.05, 4.69) is 30.7 Å². The molecular formula is C9H8BrClN4O2S. The molecule has 6 nitrogen and oxygen atoms in total. The van der Waals surface area contributed by atoms with Gasteiger partial charge in [0.15, 0.2) is 0 Å². The normalized spacial score (nSPS) is 11.4. The summed E-state index contributed by atoms with van der Waals surface area (Å²) in [7, 11) is -3.46. The molecule has 0 saturated heterocycles. The molecule has 2 rings (SSSR count). The van der Waals surface area contributed by atoms with E-state index in [0.29, 0.717) is 16.4 Å². The zero-order valence-electron chi connectivity index (χ0n) is 8.92. The Labute approximate surface area is 117 Å². The maximum absolute atomic E-state index is 11.6. The van der Waals surface area contributed by atoms with Crippen LogP contribution in [-0.2, 0) is 10.0 Å². The summed E-state index contributed by atoms with van der Waals surface area (Å²) in [5.41, 5.74) is 0.883. The van der Waals surface area contributed by atoms with E-state index in [9.17, 15) is 8.42 Å². The average molecular weight is 352 g/mol. The van der Waals surface area contributed by atoms with Crippen LogP contribution in [0.15, 0.2) is 30.9 Å². The molecule has 0 radical (unpaired) electrons. The molecule has 0 fully saturated rings. The molecule has 1 aromatic heterocycles. The lowest BCUT2D eigenvalue weighted by atomic mass is 10.3. The van der Waals surface area contributed by atoms with Crippen molar-refractivity contribution in [1.82, 2.24) is 14.8 Å². The van der Waals surface area contributed by atoms with Gasteiger partial charge in [-0.05, 0) is 18.2 Å². The van der Waals surface area contributed by atoms with E-state index in [1.807, 2.05) is 0 Å². The number of anilines is 1. The number of alkyl halides is 1. The number of benzene rings is 1. The second kappa shape index (κ2) is 5.25. The van der Waals surface area contributed by atoms with E-state index >= 15 is 0 Å². The minimum Gasteiger partial charge on any atom is -0.281 e. The van der Waals surface area contributed by atoms with Crippen LogP contribution >= 0.6 is 27.5 Å². The van der Waals surface area contributed by atoms with Crippen molar-refractivity contribution in [3.63, 3.8) is 0 Å². The summed E-state index contributed by atoms with van der Waals surface area (Å²) in [4.78, 5) is 3.81. The highest BCUT2D eigenvalue weighted by Gasteiger charge is 2.13. The second-order valence-corrected chi connectivity index (χ2v) is 6.79. The molecule has 0 spiro atoms. The van der Waals surface area contributed by atoms with Gasteiger partial charge in [-0.25, -0.2) is 18.1 Å². The molecule has 0 amide bonds. The fraction of sp³-hybridized carbons (Fsp3) is 0.111. The Morgan fingerprint density at radius 3 is 2.83 bits per heavy atom. The summed E-state index contributed by atoms with van der Waals surface area (Å²) in [6, 6.07) is 4.81. The Bertz CT molecular complexity index is 645. The number of hydrogen-bond acceptors (Lipinski definition) is 4. The molecule has 0 aliphatic carbocycles. The van der Waals surface area contributed by atoms with Crippen LogP contribution in [0, 0.1) is 0 Å².